The average Bonchev–Trinajstić information content (AvgIpc) is 2.11. The van der Waals surface area contributed by atoms with Gasteiger partial charge in [0.2, 0.25) is 0 Å². The molecule has 0 fully saturated rings. The second-order valence-electron chi connectivity index (χ2n) is 3.22. The highest BCUT2D eigenvalue weighted by Gasteiger charge is 2.30. The molecule has 4 N–H and O–H groups in total. The van der Waals surface area contributed by atoms with E-state index in [4.69, 9.17) is 14.8 Å². The molecule has 0 rings (SSSR count). The number of rotatable bonds is 6. The Morgan fingerprint density at radius 2 is 1.71 bits per heavy atom. The van der Waals surface area contributed by atoms with E-state index in [-0.39, 0.29) is 0 Å². The highest BCUT2D eigenvalue weighted by molar-refractivity contribution is 7.85. The van der Waals surface area contributed by atoms with Crippen molar-refractivity contribution in [3.05, 3.63) is 0 Å². The van der Waals surface area contributed by atoms with Gasteiger partial charge < -0.3 is 15.4 Å². The molecule has 0 aromatic rings. The molecule has 7 nitrogen and oxygen atoms in total. The van der Waals surface area contributed by atoms with Crippen LogP contribution in [0, 0.1) is 0 Å². The van der Waals surface area contributed by atoms with Gasteiger partial charge in [-0.25, -0.2) is 0 Å². The van der Waals surface area contributed by atoms with E-state index in [0.29, 0.717) is 5.06 Å². The molecule has 0 unspecified atom stereocenters. The van der Waals surface area contributed by atoms with Crippen LogP contribution in [0.3, 0.4) is 0 Å². The summed E-state index contributed by atoms with van der Waals surface area (Å²) in [4.78, 5) is 0. The van der Waals surface area contributed by atoms with Crippen LogP contribution in [0.5, 0.6) is 0 Å². The van der Waals surface area contributed by atoms with Crippen LogP contribution in [0.4, 0.5) is 0 Å². The topological polar surface area (TPSA) is 118 Å². The summed E-state index contributed by atoms with van der Waals surface area (Å²) in [5, 5.41) is 27.4. The van der Waals surface area contributed by atoms with Crippen molar-refractivity contribution in [2.45, 2.75) is 12.5 Å². The molecular weight excluding hydrogens is 214 g/mol. The summed E-state index contributed by atoms with van der Waals surface area (Å²) >= 11 is 0. The first-order chi connectivity index (χ1) is 6.25. The predicted molar refractivity (Wildman–Crippen MR) is 47.5 cm³/mol. The van der Waals surface area contributed by atoms with Crippen molar-refractivity contribution in [2.24, 2.45) is 0 Å². The molecule has 14 heavy (non-hydrogen) atoms. The Kier molecular flexibility index (Phi) is 4.92. The minimum Gasteiger partial charge on any atom is -0.394 e. The minimum atomic E-state index is -4.16. The minimum absolute atomic E-state index is 0.392. The third-order valence-electron chi connectivity index (χ3n) is 1.87. The highest BCUT2D eigenvalue weighted by atomic mass is 32.2. The van der Waals surface area contributed by atoms with Crippen LogP contribution in [-0.2, 0) is 10.1 Å². The van der Waals surface area contributed by atoms with Crippen molar-refractivity contribution in [1.29, 1.82) is 0 Å². The molecule has 0 atom stereocenters. The van der Waals surface area contributed by atoms with Gasteiger partial charge in [-0.2, -0.15) is 13.5 Å². The van der Waals surface area contributed by atoms with E-state index in [1.807, 2.05) is 0 Å². The Hall–Kier alpha value is -0.250. The van der Waals surface area contributed by atoms with E-state index in [1.165, 1.54) is 6.92 Å². The Labute approximate surface area is 82.3 Å². The van der Waals surface area contributed by atoms with Gasteiger partial charge in [-0.15, -0.1) is 0 Å². The van der Waals surface area contributed by atoms with Crippen molar-refractivity contribution in [3.63, 3.8) is 0 Å². The molecule has 0 saturated carbocycles. The van der Waals surface area contributed by atoms with Crippen LogP contribution in [0.2, 0.25) is 0 Å². The normalized spacial score (nSPS) is 13.6. The Bertz CT molecular complexity index is 259. The molecule has 0 aliphatic heterocycles. The molecule has 0 radical (unpaired) electrons. The summed E-state index contributed by atoms with van der Waals surface area (Å²) in [5.74, 6) is -0.668. The zero-order valence-corrected chi connectivity index (χ0v) is 8.61. The first kappa shape index (κ1) is 13.8. The third kappa shape index (κ3) is 4.31. The fourth-order valence-corrected chi connectivity index (χ4v) is 1.09. The lowest BCUT2D eigenvalue weighted by Gasteiger charge is -2.33. The lowest BCUT2D eigenvalue weighted by Crippen LogP contribution is -2.51. The van der Waals surface area contributed by atoms with Gasteiger partial charge in [0.15, 0.2) is 0 Å². The Morgan fingerprint density at radius 1 is 1.29 bits per heavy atom. The first-order valence-corrected chi connectivity index (χ1v) is 5.49. The van der Waals surface area contributed by atoms with Gasteiger partial charge in [0.25, 0.3) is 10.1 Å². The molecule has 0 heterocycles. The van der Waals surface area contributed by atoms with Crippen LogP contribution >= 0.6 is 0 Å². The van der Waals surface area contributed by atoms with Gasteiger partial charge in [-0.05, 0) is 6.92 Å². The number of aliphatic hydroxyl groups excluding tert-OH is 2. The van der Waals surface area contributed by atoms with E-state index in [0.717, 1.165) is 0 Å². The molecule has 0 spiro atoms. The van der Waals surface area contributed by atoms with Gasteiger partial charge in [0.05, 0.1) is 24.5 Å². The van der Waals surface area contributed by atoms with Crippen molar-refractivity contribution < 1.29 is 28.4 Å². The van der Waals surface area contributed by atoms with E-state index in [9.17, 15) is 13.6 Å². The van der Waals surface area contributed by atoms with Gasteiger partial charge in [-0.1, -0.05) is 0 Å². The lowest BCUT2D eigenvalue weighted by molar-refractivity contribution is -0.189. The standard InChI is InChI=1S/C6H15NO6S/c1-6(4-8,5-9)7(10)2-3-14(11,12)13/h8-10H,2-5H2,1H3,(H,11,12,13). The van der Waals surface area contributed by atoms with Crippen molar-refractivity contribution >= 4 is 10.1 Å². The number of hydroxylamine groups is 2. The summed E-state index contributed by atoms with van der Waals surface area (Å²) in [6.45, 7) is -0.121. The fraction of sp³-hybridized carbons (Fsp3) is 1.00. The van der Waals surface area contributed by atoms with Crippen molar-refractivity contribution in [3.8, 4) is 0 Å². The van der Waals surface area contributed by atoms with E-state index < -0.39 is 41.2 Å². The molecule has 86 valence electrons. The van der Waals surface area contributed by atoms with Gasteiger partial charge in [0.1, 0.15) is 0 Å². The molecule has 0 aromatic carbocycles. The zero-order chi connectivity index (χ0) is 11.4. The quantitative estimate of drug-likeness (QED) is 0.317. The van der Waals surface area contributed by atoms with Crippen molar-refractivity contribution in [2.75, 3.05) is 25.5 Å². The summed E-state index contributed by atoms with van der Waals surface area (Å²) in [6.07, 6.45) is 0. The molecule has 0 bridgehead atoms. The maximum Gasteiger partial charge on any atom is 0.266 e. The molecular formula is C6H15NO6S. The molecule has 0 aliphatic rings. The second kappa shape index (κ2) is 5.01. The highest BCUT2D eigenvalue weighted by Crippen LogP contribution is 2.10. The SMILES string of the molecule is CC(CO)(CO)N(O)CCS(=O)(=O)O. The van der Waals surface area contributed by atoms with E-state index in [1.54, 1.807) is 0 Å². The summed E-state index contributed by atoms with van der Waals surface area (Å²) in [7, 11) is -4.16. The van der Waals surface area contributed by atoms with Gasteiger partial charge in [-0.3, -0.25) is 4.55 Å². The monoisotopic (exact) mass is 229 g/mol. The largest absolute Gasteiger partial charge is 0.394 e. The summed E-state index contributed by atoms with van der Waals surface area (Å²) in [5.41, 5.74) is -1.31. The smallest absolute Gasteiger partial charge is 0.266 e. The van der Waals surface area contributed by atoms with Crippen LogP contribution in [0.1, 0.15) is 6.92 Å². The average molecular weight is 229 g/mol. The van der Waals surface area contributed by atoms with Crippen LogP contribution in [0.15, 0.2) is 0 Å². The Morgan fingerprint density at radius 3 is 2.00 bits per heavy atom. The number of hydrogen-bond acceptors (Lipinski definition) is 6. The number of hydrogen-bond donors (Lipinski definition) is 4. The van der Waals surface area contributed by atoms with Gasteiger partial charge in [0, 0.05) is 6.54 Å². The third-order valence-corrected chi connectivity index (χ3v) is 2.56. The van der Waals surface area contributed by atoms with Gasteiger partial charge >= 0.3 is 0 Å². The molecule has 8 heteroatoms. The second-order valence-corrected chi connectivity index (χ2v) is 4.79. The fourth-order valence-electron chi connectivity index (χ4n) is 0.685. The zero-order valence-electron chi connectivity index (χ0n) is 7.79. The number of aliphatic hydroxyl groups is 2. The molecule has 0 aliphatic carbocycles. The van der Waals surface area contributed by atoms with Crippen LogP contribution in [-0.4, -0.2) is 64.5 Å². The van der Waals surface area contributed by atoms with Crippen LogP contribution in [0.25, 0.3) is 0 Å². The first-order valence-electron chi connectivity index (χ1n) is 3.88. The molecule has 0 amide bonds. The Balaban J connectivity index is 4.26. The van der Waals surface area contributed by atoms with Crippen LogP contribution < -0.4 is 0 Å². The number of nitrogens with zero attached hydrogens (tertiary/aromatic N) is 1. The predicted octanol–water partition coefficient (Wildman–Crippen LogP) is -1.69. The molecule has 0 saturated heterocycles. The van der Waals surface area contributed by atoms with Crippen molar-refractivity contribution in [1.82, 2.24) is 5.06 Å². The lowest BCUT2D eigenvalue weighted by atomic mass is 10.1. The maximum atomic E-state index is 10.3. The summed E-state index contributed by atoms with van der Waals surface area (Å²) < 4.78 is 29.1. The van der Waals surface area contributed by atoms with E-state index in [2.05, 4.69) is 0 Å². The molecule has 0 aromatic heterocycles. The summed E-state index contributed by atoms with van der Waals surface area (Å²) in [6, 6.07) is 0. The maximum absolute atomic E-state index is 10.3. The van der Waals surface area contributed by atoms with E-state index >= 15 is 0 Å².